The van der Waals surface area contributed by atoms with Crippen LogP contribution in [0.1, 0.15) is 93.6 Å². The van der Waals surface area contributed by atoms with Gasteiger partial charge in [-0.3, -0.25) is 4.79 Å². The van der Waals surface area contributed by atoms with E-state index in [1.54, 1.807) is 20.8 Å². The zero-order valence-corrected chi connectivity index (χ0v) is 27.1. The van der Waals surface area contributed by atoms with Crippen LogP contribution in [-0.4, -0.2) is 61.0 Å². The van der Waals surface area contributed by atoms with Gasteiger partial charge >= 0.3 is 24.4 Å². The first-order chi connectivity index (χ1) is 19.7. The first-order valence-electron chi connectivity index (χ1n) is 14.4. The molecule has 0 aliphatic carbocycles. The maximum absolute atomic E-state index is 12.6. The van der Waals surface area contributed by atoms with E-state index < -0.39 is 48.4 Å². The smallest absolute Gasteiger partial charge is 0.480 e. The average Bonchev–Trinajstić information content (AvgIpc) is 2.86. The third kappa shape index (κ3) is 14.0. The van der Waals surface area contributed by atoms with E-state index >= 15 is 0 Å². The predicted octanol–water partition coefficient (Wildman–Crippen LogP) is 6.67. The Morgan fingerprint density at radius 2 is 1.33 bits per heavy atom. The van der Waals surface area contributed by atoms with Crippen LogP contribution in [0.4, 0.5) is 14.4 Å². The lowest BCUT2D eigenvalue weighted by Crippen LogP contribution is -2.42. The third-order valence-electron chi connectivity index (χ3n) is 6.24. The molecule has 12 nitrogen and oxygen atoms in total. The van der Waals surface area contributed by atoms with Crippen molar-refractivity contribution in [2.45, 2.75) is 106 Å². The molecule has 0 radical (unpaired) electrons. The maximum Gasteiger partial charge on any atom is 0.513 e. The fraction of sp³-hybridized carbons (Fsp3) is 0.677. The van der Waals surface area contributed by atoms with Gasteiger partial charge in [0.25, 0.3) is 0 Å². The van der Waals surface area contributed by atoms with Crippen molar-refractivity contribution in [3.63, 3.8) is 0 Å². The third-order valence-corrected chi connectivity index (χ3v) is 6.24. The topological polar surface area (TPSA) is 170 Å². The maximum atomic E-state index is 12.6. The normalized spacial score (nSPS) is 15.2. The fourth-order valence-corrected chi connectivity index (χ4v) is 3.89. The fourth-order valence-electron chi connectivity index (χ4n) is 3.89. The number of ether oxygens (including phenoxy) is 6. The van der Waals surface area contributed by atoms with Crippen LogP contribution in [0.25, 0.3) is 0 Å². The summed E-state index contributed by atoms with van der Waals surface area (Å²) in [6.07, 6.45) is -2.67. The van der Waals surface area contributed by atoms with Crippen LogP contribution in [0.5, 0.6) is 11.5 Å². The molecule has 5 atom stereocenters. The van der Waals surface area contributed by atoms with E-state index in [1.807, 2.05) is 48.5 Å². The van der Waals surface area contributed by atoms with Crippen molar-refractivity contribution in [2.24, 2.45) is 22.5 Å². The largest absolute Gasteiger partial charge is 0.513 e. The number of benzene rings is 1. The molecular weight excluding hydrogens is 562 g/mol. The average molecular weight is 612 g/mol. The number of carboxylic acids is 1. The Kier molecular flexibility index (Phi) is 14.2. The number of hydrogen-bond donors (Lipinski definition) is 2. The van der Waals surface area contributed by atoms with Gasteiger partial charge in [-0.25, -0.2) is 14.4 Å². The van der Waals surface area contributed by atoms with Crippen molar-refractivity contribution in [1.82, 2.24) is 0 Å². The number of hydrogen-bond acceptors (Lipinski definition) is 11. The van der Waals surface area contributed by atoms with Gasteiger partial charge in [0.1, 0.15) is 18.2 Å². The molecule has 0 aliphatic heterocycles. The van der Waals surface area contributed by atoms with Crippen LogP contribution in [0.3, 0.4) is 0 Å². The number of carboxylic acid groups (broad SMARTS) is 1. The molecule has 0 amide bonds. The summed E-state index contributed by atoms with van der Waals surface area (Å²) in [5.74, 6) is -3.28. The van der Waals surface area contributed by atoms with Crippen molar-refractivity contribution in [3.05, 3.63) is 23.8 Å². The Balaban J connectivity index is 3.40. The Morgan fingerprint density at radius 1 is 0.814 bits per heavy atom. The van der Waals surface area contributed by atoms with Gasteiger partial charge in [0.15, 0.2) is 11.5 Å². The molecule has 3 N–H and O–H groups in total. The summed E-state index contributed by atoms with van der Waals surface area (Å²) >= 11 is 0. The van der Waals surface area contributed by atoms with Crippen molar-refractivity contribution < 1.29 is 52.7 Å². The molecule has 1 rings (SSSR count). The number of rotatable bonds is 13. The zero-order valence-electron chi connectivity index (χ0n) is 27.1. The van der Waals surface area contributed by atoms with Crippen LogP contribution in [-0.2, 0) is 23.7 Å². The second-order valence-electron chi connectivity index (χ2n) is 13.1. The summed E-state index contributed by atoms with van der Waals surface area (Å²) in [7, 11) is 0. The summed E-state index contributed by atoms with van der Waals surface area (Å²) in [5.41, 5.74) is 5.76. The second-order valence-corrected chi connectivity index (χ2v) is 13.1. The molecular formula is C31H49NO11. The summed E-state index contributed by atoms with van der Waals surface area (Å²) in [6.45, 7) is 18.3. The molecule has 0 aliphatic rings. The highest BCUT2D eigenvalue weighted by atomic mass is 16.7. The van der Waals surface area contributed by atoms with Crippen LogP contribution in [0.15, 0.2) is 18.2 Å². The number of nitrogens with two attached hydrogens (primary N) is 1. The highest BCUT2D eigenvalue weighted by Gasteiger charge is 2.36. The quantitative estimate of drug-likeness (QED) is 0.138. The van der Waals surface area contributed by atoms with Crippen LogP contribution in [0, 0.1) is 16.7 Å². The van der Waals surface area contributed by atoms with Crippen molar-refractivity contribution in [3.8, 4) is 11.5 Å². The van der Waals surface area contributed by atoms with Gasteiger partial charge in [0, 0.05) is 11.8 Å². The molecule has 0 aromatic heterocycles. The van der Waals surface area contributed by atoms with E-state index in [0.717, 1.165) is 6.42 Å². The number of carbonyl (C=O) groups excluding carboxylic acids is 3. The minimum absolute atomic E-state index is 0.0424. The zero-order chi connectivity index (χ0) is 33.1. The SMILES string of the molecule is CCCC(C)OC(=O)OC(C)C(C)C(c1ccc(OC(=O)OCC(C)(C)C)c(OC(=O)OCC(C)(C)C)c1)[C@H](N)C(=O)O. The highest BCUT2D eigenvalue weighted by Crippen LogP contribution is 2.37. The molecule has 4 unspecified atom stereocenters. The van der Waals surface area contributed by atoms with E-state index in [-0.39, 0.29) is 41.6 Å². The van der Waals surface area contributed by atoms with Crippen LogP contribution in [0.2, 0.25) is 0 Å². The molecule has 0 heterocycles. The van der Waals surface area contributed by atoms with Crippen LogP contribution < -0.4 is 15.2 Å². The minimum atomic E-state index is -1.44. The van der Waals surface area contributed by atoms with Gasteiger partial charge in [0.2, 0.25) is 0 Å². The molecule has 1 aromatic rings. The molecule has 12 heteroatoms. The lowest BCUT2D eigenvalue weighted by molar-refractivity contribution is -0.139. The van der Waals surface area contributed by atoms with Gasteiger partial charge < -0.3 is 39.3 Å². The molecule has 0 fully saturated rings. The molecule has 244 valence electrons. The van der Waals surface area contributed by atoms with E-state index in [2.05, 4.69) is 0 Å². The summed E-state index contributed by atoms with van der Waals surface area (Å²) in [6, 6.07) is 2.71. The minimum Gasteiger partial charge on any atom is -0.480 e. The number of aliphatic carboxylic acids is 1. The molecule has 0 bridgehead atoms. The van der Waals surface area contributed by atoms with Gasteiger partial charge in [-0.2, -0.15) is 0 Å². The van der Waals surface area contributed by atoms with Gasteiger partial charge in [-0.1, -0.05) is 67.9 Å². The predicted molar refractivity (Wildman–Crippen MR) is 158 cm³/mol. The Bertz CT molecular complexity index is 1090. The Labute approximate surface area is 254 Å². The lowest BCUT2D eigenvalue weighted by atomic mass is 9.79. The van der Waals surface area contributed by atoms with Crippen molar-refractivity contribution >= 4 is 24.4 Å². The first-order valence-corrected chi connectivity index (χ1v) is 14.4. The van der Waals surface area contributed by atoms with Crippen molar-refractivity contribution in [1.29, 1.82) is 0 Å². The van der Waals surface area contributed by atoms with E-state index in [0.29, 0.717) is 12.0 Å². The second kappa shape index (κ2) is 16.3. The molecule has 1 aromatic carbocycles. The standard InChI is InChI=1S/C31H49NO11/c1-11-12-18(2)40-29(37)41-20(4)19(3)24(25(32)26(33)34)21-13-14-22(42-27(35)38-16-30(5,6)7)23(15-21)43-28(36)39-17-31(8,9)10/h13-15,18-20,24-25H,11-12,16-17,32H2,1-10H3,(H,33,34)/t18?,19?,20?,24?,25-/m0/s1. The summed E-state index contributed by atoms with van der Waals surface area (Å²) in [4.78, 5) is 49.4. The van der Waals surface area contributed by atoms with E-state index in [4.69, 9.17) is 34.2 Å². The molecule has 0 spiro atoms. The molecule has 43 heavy (non-hydrogen) atoms. The first kappa shape index (κ1) is 37.5. The van der Waals surface area contributed by atoms with Gasteiger partial charge in [-0.15, -0.1) is 0 Å². The lowest BCUT2D eigenvalue weighted by Gasteiger charge is -2.31. The summed E-state index contributed by atoms with van der Waals surface area (Å²) < 4.78 is 31.8. The number of carbonyl (C=O) groups is 4. The van der Waals surface area contributed by atoms with E-state index in [9.17, 15) is 24.3 Å². The van der Waals surface area contributed by atoms with Gasteiger partial charge in [-0.05, 0) is 48.8 Å². The van der Waals surface area contributed by atoms with Gasteiger partial charge in [0.05, 0.1) is 13.2 Å². The van der Waals surface area contributed by atoms with E-state index in [1.165, 1.54) is 18.2 Å². The van der Waals surface area contributed by atoms with Crippen molar-refractivity contribution in [2.75, 3.05) is 13.2 Å². The molecule has 0 saturated heterocycles. The highest BCUT2D eigenvalue weighted by molar-refractivity contribution is 5.75. The Hall–Kier alpha value is -3.54. The summed E-state index contributed by atoms with van der Waals surface area (Å²) in [5, 5.41) is 9.81. The molecule has 0 saturated carbocycles. The van der Waals surface area contributed by atoms with Crippen LogP contribution >= 0.6 is 0 Å². The monoisotopic (exact) mass is 611 g/mol. The Morgan fingerprint density at radius 3 is 1.79 bits per heavy atom.